The molecule has 0 N–H and O–H groups in total. The number of hydrogen-bond donors (Lipinski definition) is 0. The Kier molecular flexibility index (Phi) is 3.41. The lowest BCUT2D eigenvalue weighted by atomic mass is 9.73. The number of Topliss-reactive ketones (excluding diaryl/α,β-unsaturated/α-hetero) is 2. The largest absolute Gasteiger partial charge is 0.444 e. The van der Waals surface area contributed by atoms with E-state index in [2.05, 4.69) is 0 Å². The molecule has 1 aliphatic carbocycles. The first-order chi connectivity index (χ1) is 8.70. The van der Waals surface area contributed by atoms with Gasteiger partial charge in [-0.2, -0.15) is 0 Å². The third-order valence-corrected chi connectivity index (χ3v) is 3.75. The van der Waals surface area contributed by atoms with E-state index in [4.69, 9.17) is 4.74 Å². The number of ketones is 2. The summed E-state index contributed by atoms with van der Waals surface area (Å²) >= 11 is 0. The molecule has 106 valence electrons. The standard InChI is InChI=1S/C14H21NO4/c1-8(16)12-9-5-6-10(11(17)7-9)15(12)13(18)19-14(2,3)4/h9-10,12H,5-7H2,1-4H3/t9-,10+,12-/m1/s1. The first kappa shape index (κ1) is 14.0. The molecule has 3 aliphatic rings. The molecule has 3 rings (SSSR count). The van der Waals surface area contributed by atoms with Gasteiger partial charge in [-0.05, 0) is 46.5 Å². The van der Waals surface area contributed by atoms with Crippen LogP contribution in [0.1, 0.15) is 47.0 Å². The Morgan fingerprint density at radius 1 is 1.26 bits per heavy atom. The van der Waals surface area contributed by atoms with Crippen LogP contribution in [0.25, 0.3) is 0 Å². The summed E-state index contributed by atoms with van der Waals surface area (Å²) in [5, 5.41) is 0. The minimum absolute atomic E-state index is 0.0393. The van der Waals surface area contributed by atoms with Crippen LogP contribution in [0.5, 0.6) is 0 Å². The van der Waals surface area contributed by atoms with Gasteiger partial charge in [0.05, 0.1) is 12.1 Å². The second kappa shape index (κ2) is 4.62. The van der Waals surface area contributed by atoms with Crippen molar-refractivity contribution in [2.75, 3.05) is 0 Å². The van der Waals surface area contributed by atoms with Gasteiger partial charge in [0.1, 0.15) is 5.60 Å². The maximum Gasteiger partial charge on any atom is 0.411 e. The summed E-state index contributed by atoms with van der Waals surface area (Å²) in [6, 6.07) is -0.972. The third kappa shape index (κ3) is 2.65. The van der Waals surface area contributed by atoms with Crippen LogP contribution in [0.2, 0.25) is 0 Å². The van der Waals surface area contributed by atoms with Crippen LogP contribution in [0.15, 0.2) is 0 Å². The average Bonchev–Trinajstić information content (AvgIpc) is 2.25. The number of ether oxygens (including phenoxy) is 1. The highest BCUT2D eigenvalue weighted by molar-refractivity contribution is 5.95. The summed E-state index contributed by atoms with van der Waals surface area (Å²) in [4.78, 5) is 37.4. The van der Waals surface area contributed by atoms with Gasteiger partial charge in [-0.25, -0.2) is 4.79 Å². The van der Waals surface area contributed by atoms with Crippen LogP contribution in [0, 0.1) is 5.92 Å². The van der Waals surface area contributed by atoms with E-state index in [0.29, 0.717) is 12.8 Å². The summed E-state index contributed by atoms with van der Waals surface area (Å²) in [5.41, 5.74) is -0.627. The van der Waals surface area contributed by atoms with Crippen molar-refractivity contribution in [3.8, 4) is 0 Å². The number of carbonyl (C=O) groups is 3. The molecular formula is C14H21NO4. The zero-order valence-electron chi connectivity index (χ0n) is 11.9. The molecule has 0 unspecified atom stereocenters. The van der Waals surface area contributed by atoms with Crippen molar-refractivity contribution in [1.82, 2.24) is 4.90 Å². The molecule has 5 nitrogen and oxygen atoms in total. The Bertz CT molecular complexity index is 424. The number of amides is 1. The van der Waals surface area contributed by atoms with Crippen molar-refractivity contribution in [3.63, 3.8) is 0 Å². The van der Waals surface area contributed by atoms with Crippen LogP contribution >= 0.6 is 0 Å². The van der Waals surface area contributed by atoms with Gasteiger partial charge in [-0.3, -0.25) is 14.5 Å². The summed E-state index contributed by atoms with van der Waals surface area (Å²) < 4.78 is 5.34. The molecule has 0 aromatic carbocycles. The minimum Gasteiger partial charge on any atom is -0.444 e. The highest BCUT2D eigenvalue weighted by Gasteiger charge is 2.51. The van der Waals surface area contributed by atoms with E-state index in [1.165, 1.54) is 11.8 Å². The van der Waals surface area contributed by atoms with Crippen molar-refractivity contribution in [2.24, 2.45) is 5.92 Å². The normalized spacial score (nSPS) is 30.4. The Balaban J connectivity index is 2.26. The molecule has 2 saturated heterocycles. The summed E-state index contributed by atoms with van der Waals surface area (Å²) in [6.45, 7) is 6.81. The van der Waals surface area contributed by atoms with Gasteiger partial charge in [0, 0.05) is 6.42 Å². The van der Waals surface area contributed by atoms with Gasteiger partial charge >= 0.3 is 6.09 Å². The van der Waals surface area contributed by atoms with Crippen LogP contribution < -0.4 is 0 Å². The molecule has 2 bridgehead atoms. The van der Waals surface area contributed by atoms with Gasteiger partial charge in [-0.1, -0.05) is 0 Å². The lowest BCUT2D eigenvalue weighted by molar-refractivity contribution is -0.143. The zero-order valence-corrected chi connectivity index (χ0v) is 11.9. The number of nitrogens with zero attached hydrogens (tertiary/aromatic N) is 1. The van der Waals surface area contributed by atoms with E-state index in [1.54, 1.807) is 20.8 Å². The predicted molar refractivity (Wildman–Crippen MR) is 68.7 cm³/mol. The Hall–Kier alpha value is -1.39. The Labute approximate surface area is 113 Å². The maximum atomic E-state index is 12.3. The molecule has 3 atom stereocenters. The maximum absolute atomic E-state index is 12.3. The van der Waals surface area contributed by atoms with E-state index in [9.17, 15) is 14.4 Å². The van der Waals surface area contributed by atoms with E-state index in [-0.39, 0.29) is 17.5 Å². The number of hydrogen-bond acceptors (Lipinski definition) is 4. The van der Waals surface area contributed by atoms with Crippen molar-refractivity contribution in [2.45, 2.75) is 64.6 Å². The number of piperidine rings is 2. The van der Waals surface area contributed by atoms with Crippen LogP contribution in [0.3, 0.4) is 0 Å². The fraction of sp³-hybridized carbons (Fsp3) is 0.786. The molecule has 19 heavy (non-hydrogen) atoms. The third-order valence-electron chi connectivity index (χ3n) is 3.75. The van der Waals surface area contributed by atoms with Crippen molar-refractivity contribution < 1.29 is 19.1 Å². The van der Waals surface area contributed by atoms with Gasteiger partial charge in [0.25, 0.3) is 0 Å². The highest BCUT2D eigenvalue weighted by atomic mass is 16.6. The SMILES string of the molecule is CC(=O)[C@@H]1[C@@H]2CC[C@@H](C(=O)C2)N1C(=O)OC(C)(C)C. The molecule has 2 aliphatic heterocycles. The van der Waals surface area contributed by atoms with E-state index in [1.807, 2.05) is 0 Å². The van der Waals surface area contributed by atoms with E-state index >= 15 is 0 Å². The molecule has 1 saturated carbocycles. The molecule has 3 fully saturated rings. The summed E-state index contributed by atoms with van der Waals surface area (Å²) in [5.74, 6) is -0.0461. The van der Waals surface area contributed by atoms with Gasteiger partial charge in [0.15, 0.2) is 11.6 Å². The Morgan fingerprint density at radius 2 is 1.89 bits per heavy atom. The topological polar surface area (TPSA) is 63.7 Å². The highest BCUT2D eigenvalue weighted by Crippen LogP contribution is 2.38. The first-order valence-corrected chi connectivity index (χ1v) is 6.75. The fourth-order valence-corrected chi connectivity index (χ4v) is 3.10. The Morgan fingerprint density at radius 3 is 2.37 bits per heavy atom. The first-order valence-electron chi connectivity index (χ1n) is 6.75. The molecule has 2 heterocycles. The van der Waals surface area contributed by atoms with Crippen LogP contribution in [-0.2, 0) is 14.3 Å². The minimum atomic E-state index is -0.627. The average molecular weight is 267 g/mol. The van der Waals surface area contributed by atoms with Crippen LogP contribution in [0.4, 0.5) is 4.79 Å². The van der Waals surface area contributed by atoms with Gasteiger partial charge in [-0.15, -0.1) is 0 Å². The molecule has 0 spiro atoms. The fourth-order valence-electron chi connectivity index (χ4n) is 3.10. The predicted octanol–water partition coefficient (Wildman–Crippen LogP) is 1.93. The summed E-state index contributed by atoms with van der Waals surface area (Å²) in [6.07, 6.45) is 1.34. The number of fused-ring (bicyclic) bond motifs is 3. The number of rotatable bonds is 1. The lowest BCUT2D eigenvalue weighted by Crippen LogP contribution is -2.64. The van der Waals surface area contributed by atoms with Gasteiger partial charge < -0.3 is 4.74 Å². The summed E-state index contributed by atoms with van der Waals surface area (Å²) in [7, 11) is 0. The molecule has 0 aromatic heterocycles. The lowest BCUT2D eigenvalue weighted by Gasteiger charge is -2.48. The quantitative estimate of drug-likeness (QED) is 0.728. The second-order valence-electron chi connectivity index (χ2n) is 6.47. The molecule has 1 amide bonds. The molecular weight excluding hydrogens is 246 g/mol. The van der Waals surface area contributed by atoms with E-state index < -0.39 is 23.8 Å². The van der Waals surface area contributed by atoms with Crippen molar-refractivity contribution in [1.29, 1.82) is 0 Å². The molecule has 5 heteroatoms. The second-order valence-corrected chi connectivity index (χ2v) is 6.47. The van der Waals surface area contributed by atoms with Crippen molar-refractivity contribution >= 4 is 17.7 Å². The van der Waals surface area contributed by atoms with Gasteiger partial charge in [0.2, 0.25) is 0 Å². The monoisotopic (exact) mass is 267 g/mol. The smallest absolute Gasteiger partial charge is 0.411 e. The zero-order chi connectivity index (χ0) is 14.4. The molecule has 0 radical (unpaired) electrons. The van der Waals surface area contributed by atoms with Crippen LogP contribution in [-0.4, -0.2) is 40.2 Å². The van der Waals surface area contributed by atoms with E-state index in [0.717, 1.165) is 6.42 Å². The van der Waals surface area contributed by atoms with Crippen molar-refractivity contribution in [3.05, 3.63) is 0 Å². The number of carbonyl (C=O) groups excluding carboxylic acids is 3. The molecule has 0 aromatic rings.